The molecule has 3 aromatic rings. The van der Waals surface area contributed by atoms with Gasteiger partial charge >= 0.3 is 0 Å². The maximum atomic E-state index is 13.7. The van der Waals surface area contributed by atoms with Crippen LogP contribution in [0.15, 0.2) is 71.1 Å². The highest BCUT2D eigenvalue weighted by Crippen LogP contribution is 2.15. The highest BCUT2D eigenvalue weighted by atomic mass is 16.5. The zero-order valence-electron chi connectivity index (χ0n) is 21.9. The fourth-order valence-corrected chi connectivity index (χ4v) is 4.54. The molecular weight excluding hydrogens is 466 g/mol. The van der Waals surface area contributed by atoms with Crippen molar-refractivity contribution in [1.29, 1.82) is 0 Å². The van der Waals surface area contributed by atoms with Crippen molar-refractivity contribution in [2.24, 2.45) is 0 Å². The molecule has 196 valence electrons. The number of rotatable bonds is 11. The predicted octanol–water partition coefficient (Wildman–Crippen LogP) is 3.94. The van der Waals surface area contributed by atoms with Crippen LogP contribution in [0.3, 0.4) is 0 Å². The molecule has 0 unspecified atom stereocenters. The van der Waals surface area contributed by atoms with Crippen LogP contribution in [0, 0.1) is 13.8 Å². The van der Waals surface area contributed by atoms with Crippen molar-refractivity contribution in [2.45, 2.75) is 26.8 Å². The Morgan fingerprint density at radius 2 is 1.59 bits per heavy atom. The van der Waals surface area contributed by atoms with Gasteiger partial charge in [0, 0.05) is 38.3 Å². The second-order valence-corrected chi connectivity index (χ2v) is 9.56. The molecule has 1 aliphatic rings. The van der Waals surface area contributed by atoms with E-state index in [-0.39, 0.29) is 18.4 Å². The Kier molecular flexibility index (Phi) is 9.52. The van der Waals surface area contributed by atoms with Crippen LogP contribution in [0.1, 0.15) is 33.0 Å². The van der Waals surface area contributed by atoms with Gasteiger partial charge in [-0.3, -0.25) is 14.5 Å². The van der Waals surface area contributed by atoms with Gasteiger partial charge < -0.3 is 19.0 Å². The topological polar surface area (TPSA) is 66.2 Å². The van der Waals surface area contributed by atoms with Gasteiger partial charge in [0.15, 0.2) is 0 Å². The molecule has 2 heterocycles. The molecule has 2 amide bonds. The molecule has 0 N–H and O–H groups in total. The first kappa shape index (κ1) is 26.6. The fourth-order valence-electron chi connectivity index (χ4n) is 4.54. The molecule has 37 heavy (non-hydrogen) atoms. The molecule has 1 fully saturated rings. The normalized spacial score (nSPS) is 13.9. The van der Waals surface area contributed by atoms with Gasteiger partial charge in [-0.05, 0) is 49.6 Å². The molecule has 7 nitrogen and oxygen atoms in total. The molecule has 0 aliphatic carbocycles. The van der Waals surface area contributed by atoms with Gasteiger partial charge in [-0.15, -0.1) is 0 Å². The second kappa shape index (κ2) is 13.2. The Balaban J connectivity index is 1.50. The van der Waals surface area contributed by atoms with Crippen molar-refractivity contribution in [3.05, 3.63) is 94.9 Å². The molecule has 1 aliphatic heterocycles. The number of hydrogen-bond acceptors (Lipinski definition) is 5. The molecule has 0 spiro atoms. The first-order valence-electron chi connectivity index (χ1n) is 13.0. The van der Waals surface area contributed by atoms with Crippen molar-refractivity contribution >= 4 is 11.8 Å². The lowest BCUT2D eigenvalue weighted by atomic mass is 10.1. The number of furan rings is 1. The maximum absolute atomic E-state index is 13.7. The molecule has 7 heteroatoms. The second-order valence-electron chi connectivity index (χ2n) is 9.56. The minimum absolute atomic E-state index is 0.0198. The Morgan fingerprint density at radius 1 is 0.865 bits per heavy atom. The molecular formula is C30H37N3O4. The lowest BCUT2D eigenvalue weighted by molar-refractivity contribution is -0.132. The minimum atomic E-state index is -0.114. The number of ether oxygens (including phenoxy) is 1. The van der Waals surface area contributed by atoms with E-state index in [1.54, 1.807) is 9.80 Å². The van der Waals surface area contributed by atoms with E-state index in [4.69, 9.17) is 9.15 Å². The van der Waals surface area contributed by atoms with E-state index in [9.17, 15) is 9.59 Å². The monoisotopic (exact) mass is 503 g/mol. The van der Waals surface area contributed by atoms with Gasteiger partial charge in [-0.25, -0.2) is 0 Å². The average molecular weight is 504 g/mol. The fraction of sp³-hybridized carbons (Fsp3) is 0.400. The Labute approximate surface area is 219 Å². The molecule has 0 atom stereocenters. The van der Waals surface area contributed by atoms with Gasteiger partial charge in [-0.2, -0.15) is 0 Å². The lowest BCUT2D eigenvalue weighted by Gasteiger charge is -2.31. The summed E-state index contributed by atoms with van der Waals surface area (Å²) in [6.45, 7) is 9.00. The van der Waals surface area contributed by atoms with Crippen molar-refractivity contribution in [3.63, 3.8) is 0 Å². The third kappa shape index (κ3) is 7.78. The number of carbonyl (C=O) groups excluding carboxylic acids is 2. The zero-order chi connectivity index (χ0) is 26.0. The van der Waals surface area contributed by atoms with Gasteiger partial charge in [-0.1, -0.05) is 48.5 Å². The van der Waals surface area contributed by atoms with Gasteiger partial charge in [0.2, 0.25) is 5.91 Å². The summed E-state index contributed by atoms with van der Waals surface area (Å²) in [5.74, 6) is 1.35. The third-order valence-corrected chi connectivity index (χ3v) is 6.79. The quantitative estimate of drug-likeness (QED) is 0.397. The van der Waals surface area contributed by atoms with Crippen LogP contribution in [0.2, 0.25) is 0 Å². The van der Waals surface area contributed by atoms with Crippen LogP contribution in [0.5, 0.6) is 0 Å². The van der Waals surface area contributed by atoms with Crippen molar-refractivity contribution in [3.8, 4) is 0 Å². The average Bonchev–Trinajstić information content (AvgIpc) is 3.34. The number of hydrogen-bond donors (Lipinski definition) is 0. The predicted molar refractivity (Wildman–Crippen MR) is 143 cm³/mol. The number of carbonyl (C=O) groups is 2. The summed E-state index contributed by atoms with van der Waals surface area (Å²) in [6, 6.07) is 21.5. The summed E-state index contributed by atoms with van der Waals surface area (Å²) in [5, 5.41) is 0. The van der Waals surface area contributed by atoms with E-state index in [0.717, 1.165) is 42.2 Å². The molecule has 1 aromatic heterocycles. The lowest BCUT2D eigenvalue weighted by Crippen LogP contribution is -2.47. The van der Waals surface area contributed by atoms with E-state index in [1.165, 1.54) is 0 Å². The summed E-state index contributed by atoms with van der Waals surface area (Å²) in [5.41, 5.74) is 2.70. The van der Waals surface area contributed by atoms with Gasteiger partial charge in [0.1, 0.15) is 18.1 Å². The minimum Gasteiger partial charge on any atom is -0.464 e. The highest BCUT2D eigenvalue weighted by Gasteiger charge is 2.25. The Hall–Kier alpha value is -3.42. The maximum Gasteiger partial charge on any atom is 0.254 e. The van der Waals surface area contributed by atoms with Crippen molar-refractivity contribution < 1.29 is 18.7 Å². The summed E-state index contributed by atoms with van der Waals surface area (Å²) < 4.78 is 11.3. The summed E-state index contributed by atoms with van der Waals surface area (Å²) in [7, 11) is 0. The first-order valence-corrected chi connectivity index (χ1v) is 13.0. The van der Waals surface area contributed by atoms with Crippen LogP contribution in [0.4, 0.5) is 0 Å². The number of nitrogens with zero attached hydrogens (tertiary/aromatic N) is 3. The van der Waals surface area contributed by atoms with E-state index in [2.05, 4.69) is 17.0 Å². The smallest absolute Gasteiger partial charge is 0.254 e. The van der Waals surface area contributed by atoms with Crippen LogP contribution in [0.25, 0.3) is 0 Å². The van der Waals surface area contributed by atoms with Crippen LogP contribution >= 0.6 is 0 Å². The van der Waals surface area contributed by atoms with Crippen molar-refractivity contribution in [2.75, 3.05) is 52.5 Å². The van der Waals surface area contributed by atoms with Gasteiger partial charge in [0.05, 0.1) is 19.8 Å². The summed E-state index contributed by atoms with van der Waals surface area (Å²) in [4.78, 5) is 33.1. The third-order valence-electron chi connectivity index (χ3n) is 6.79. The molecule has 1 saturated heterocycles. The summed E-state index contributed by atoms with van der Waals surface area (Å²) in [6.07, 6.45) is 0.728. The molecule has 0 saturated carbocycles. The number of morpholine rings is 1. The number of amides is 2. The van der Waals surface area contributed by atoms with E-state index >= 15 is 0 Å². The standard InChI is InChI=1S/C30H37N3O4/c1-24-8-6-7-11-28(24)30(35)33(17-16-31-18-20-36-21-19-31)23-29(34)32(22-27-13-12-25(2)37-27)15-14-26-9-4-3-5-10-26/h3-13H,14-23H2,1-2H3. The largest absolute Gasteiger partial charge is 0.464 e. The molecule has 4 rings (SSSR count). The van der Waals surface area contributed by atoms with Crippen LogP contribution in [-0.2, 0) is 22.5 Å². The molecule has 0 radical (unpaired) electrons. The molecule has 2 aromatic carbocycles. The summed E-state index contributed by atoms with van der Waals surface area (Å²) >= 11 is 0. The van der Waals surface area contributed by atoms with E-state index in [1.807, 2.05) is 68.4 Å². The zero-order valence-corrected chi connectivity index (χ0v) is 21.9. The van der Waals surface area contributed by atoms with E-state index < -0.39 is 0 Å². The Morgan fingerprint density at radius 3 is 2.30 bits per heavy atom. The van der Waals surface area contributed by atoms with E-state index in [0.29, 0.717) is 45.0 Å². The number of aryl methyl sites for hydroxylation is 2. The first-order chi connectivity index (χ1) is 18.0. The van der Waals surface area contributed by atoms with Gasteiger partial charge in [0.25, 0.3) is 5.91 Å². The number of benzene rings is 2. The van der Waals surface area contributed by atoms with Crippen molar-refractivity contribution in [1.82, 2.24) is 14.7 Å². The highest BCUT2D eigenvalue weighted by molar-refractivity contribution is 5.97. The van der Waals surface area contributed by atoms with Crippen LogP contribution in [-0.4, -0.2) is 79.0 Å². The Bertz CT molecular complexity index is 1150. The van der Waals surface area contributed by atoms with Crippen LogP contribution < -0.4 is 0 Å². The molecule has 0 bridgehead atoms. The SMILES string of the molecule is Cc1ccc(CN(CCc2ccccc2)C(=O)CN(CCN2CCOCC2)C(=O)c2ccccc2C)o1.